The van der Waals surface area contributed by atoms with Crippen molar-refractivity contribution < 1.29 is 24.2 Å². The Hall–Kier alpha value is -3.80. The van der Waals surface area contributed by atoms with Crippen LogP contribution in [0.3, 0.4) is 0 Å². The minimum absolute atomic E-state index is 0.0437. The summed E-state index contributed by atoms with van der Waals surface area (Å²) < 4.78 is 11.5. The zero-order chi connectivity index (χ0) is 23.4. The molecule has 1 aliphatic carbocycles. The van der Waals surface area contributed by atoms with Crippen LogP contribution < -0.4 is 10.1 Å². The van der Waals surface area contributed by atoms with E-state index in [1.54, 1.807) is 0 Å². The maximum atomic E-state index is 12.7. The molecule has 0 aromatic heterocycles. The quantitative estimate of drug-likeness (QED) is 0.424. The Morgan fingerprint density at radius 1 is 1.00 bits per heavy atom. The van der Waals surface area contributed by atoms with Gasteiger partial charge < -0.3 is 14.6 Å². The Morgan fingerprint density at radius 3 is 2.24 bits per heavy atom. The van der Waals surface area contributed by atoms with Crippen LogP contribution in [0.1, 0.15) is 54.1 Å². The Morgan fingerprint density at radius 2 is 1.64 bits per heavy atom. The van der Waals surface area contributed by atoms with Crippen LogP contribution in [0.4, 0.5) is 10.5 Å². The molecule has 0 spiro atoms. The Kier molecular flexibility index (Phi) is 6.63. The molecule has 0 unspecified atom stereocenters. The van der Waals surface area contributed by atoms with Crippen molar-refractivity contribution in [3.63, 3.8) is 0 Å². The molecular weight excluding hydrogens is 418 g/mol. The van der Waals surface area contributed by atoms with Crippen molar-refractivity contribution in [3.05, 3.63) is 83.4 Å². The number of fused-ring (bicyclic) bond motifs is 3. The summed E-state index contributed by atoms with van der Waals surface area (Å²) >= 11 is 0. The minimum atomic E-state index is -1.06. The molecule has 2 N–H and O–H groups in total. The highest BCUT2D eigenvalue weighted by atomic mass is 16.5. The number of anilines is 1. The van der Waals surface area contributed by atoms with Crippen molar-refractivity contribution in [2.45, 2.75) is 38.7 Å². The molecule has 0 saturated heterocycles. The number of benzene rings is 3. The number of aromatic carboxylic acids is 1. The van der Waals surface area contributed by atoms with E-state index in [2.05, 4.69) is 29.6 Å². The van der Waals surface area contributed by atoms with Gasteiger partial charge in [-0.1, -0.05) is 61.9 Å². The van der Waals surface area contributed by atoms with Crippen molar-refractivity contribution in [1.82, 2.24) is 0 Å². The van der Waals surface area contributed by atoms with Gasteiger partial charge in [0.2, 0.25) is 0 Å². The molecule has 1 atom stereocenters. The lowest BCUT2D eigenvalue weighted by atomic mass is 9.98. The number of hydrogen-bond donors (Lipinski definition) is 2. The van der Waals surface area contributed by atoms with E-state index in [9.17, 15) is 14.7 Å². The van der Waals surface area contributed by atoms with Crippen molar-refractivity contribution in [2.24, 2.45) is 0 Å². The van der Waals surface area contributed by atoms with E-state index in [0.717, 1.165) is 35.1 Å². The number of carbonyl (C=O) groups is 2. The first-order valence-corrected chi connectivity index (χ1v) is 11.1. The van der Waals surface area contributed by atoms with Gasteiger partial charge in [0.05, 0.1) is 17.4 Å². The Bertz CT molecular complexity index is 1130. The van der Waals surface area contributed by atoms with Crippen LogP contribution in [0.25, 0.3) is 11.1 Å². The molecule has 6 nitrogen and oxygen atoms in total. The van der Waals surface area contributed by atoms with Gasteiger partial charge in [-0.2, -0.15) is 0 Å². The molecule has 0 aliphatic heterocycles. The molecule has 0 saturated carbocycles. The SMILES string of the molecule is CCC[C@@H](C)Oc1cc(C(=O)O)ccc1NC(=O)OCC1c2ccccc2-c2ccccc21. The van der Waals surface area contributed by atoms with Crippen LogP contribution in [0.2, 0.25) is 0 Å². The van der Waals surface area contributed by atoms with Crippen LogP contribution in [-0.2, 0) is 4.74 Å². The highest BCUT2D eigenvalue weighted by Gasteiger charge is 2.29. The molecule has 1 amide bonds. The summed E-state index contributed by atoms with van der Waals surface area (Å²) in [5.41, 5.74) is 5.05. The summed E-state index contributed by atoms with van der Waals surface area (Å²) in [6.07, 6.45) is 0.992. The molecule has 3 aromatic rings. The molecule has 0 heterocycles. The van der Waals surface area contributed by atoms with Gasteiger partial charge in [-0.15, -0.1) is 0 Å². The maximum Gasteiger partial charge on any atom is 0.411 e. The van der Waals surface area contributed by atoms with E-state index < -0.39 is 12.1 Å². The summed E-state index contributed by atoms with van der Waals surface area (Å²) in [6.45, 7) is 4.15. The number of carbonyl (C=O) groups excluding carboxylic acids is 1. The third kappa shape index (κ3) is 4.85. The molecule has 170 valence electrons. The highest BCUT2D eigenvalue weighted by Crippen LogP contribution is 2.44. The fourth-order valence-corrected chi connectivity index (χ4v) is 4.28. The lowest BCUT2D eigenvalue weighted by molar-refractivity contribution is 0.0696. The van der Waals surface area contributed by atoms with Gasteiger partial charge in [0.1, 0.15) is 12.4 Å². The van der Waals surface area contributed by atoms with Crippen LogP contribution in [0.15, 0.2) is 66.7 Å². The van der Waals surface area contributed by atoms with E-state index in [4.69, 9.17) is 9.47 Å². The fraction of sp³-hybridized carbons (Fsp3) is 0.259. The van der Waals surface area contributed by atoms with Crippen molar-refractivity contribution in [3.8, 4) is 16.9 Å². The smallest absolute Gasteiger partial charge is 0.411 e. The van der Waals surface area contributed by atoms with Crippen molar-refractivity contribution >= 4 is 17.7 Å². The number of amides is 1. The Labute approximate surface area is 193 Å². The molecule has 4 rings (SSSR count). The summed E-state index contributed by atoms with van der Waals surface area (Å²) in [7, 11) is 0. The topological polar surface area (TPSA) is 84.9 Å². The van der Waals surface area contributed by atoms with Crippen molar-refractivity contribution in [2.75, 3.05) is 11.9 Å². The summed E-state index contributed by atoms with van der Waals surface area (Å²) in [4.78, 5) is 24.1. The molecule has 0 bridgehead atoms. The molecule has 33 heavy (non-hydrogen) atoms. The summed E-state index contributed by atoms with van der Waals surface area (Å²) in [6, 6.07) is 20.7. The first-order chi connectivity index (χ1) is 16.0. The minimum Gasteiger partial charge on any atom is -0.489 e. The van der Waals surface area contributed by atoms with Crippen LogP contribution in [0, 0.1) is 0 Å². The van der Waals surface area contributed by atoms with Gasteiger partial charge in [-0.05, 0) is 53.8 Å². The average Bonchev–Trinajstić information content (AvgIpc) is 3.12. The normalized spacial score (nSPS) is 13.0. The lowest BCUT2D eigenvalue weighted by Gasteiger charge is -2.19. The second-order valence-electron chi connectivity index (χ2n) is 8.18. The van der Waals surface area contributed by atoms with E-state index in [0.29, 0.717) is 11.4 Å². The van der Waals surface area contributed by atoms with Crippen molar-refractivity contribution in [1.29, 1.82) is 0 Å². The monoisotopic (exact) mass is 445 g/mol. The van der Waals surface area contributed by atoms with Crippen LogP contribution in [-0.4, -0.2) is 29.9 Å². The van der Waals surface area contributed by atoms with E-state index in [-0.39, 0.29) is 24.2 Å². The largest absolute Gasteiger partial charge is 0.489 e. The second kappa shape index (κ2) is 9.77. The predicted molar refractivity (Wildman–Crippen MR) is 127 cm³/mol. The summed E-state index contributed by atoms with van der Waals surface area (Å²) in [5.74, 6) is -0.794. The number of rotatable bonds is 8. The number of carboxylic acids is 1. The highest BCUT2D eigenvalue weighted by molar-refractivity contribution is 5.92. The standard InChI is InChI=1S/C27H27NO5/c1-3-8-17(2)33-25-15-18(26(29)30)13-14-24(25)28-27(31)32-16-23-21-11-6-4-9-19(21)20-10-5-7-12-22(20)23/h4-7,9-15,17,23H,3,8,16H2,1-2H3,(H,28,31)(H,29,30)/t17-/m1/s1. The summed E-state index contributed by atoms with van der Waals surface area (Å²) in [5, 5.41) is 12.0. The van der Waals surface area contributed by atoms with E-state index in [1.165, 1.54) is 18.2 Å². The number of nitrogens with one attached hydrogen (secondary N) is 1. The zero-order valence-electron chi connectivity index (χ0n) is 18.7. The predicted octanol–water partition coefficient (Wildman–Crippen LogP) is 6.31. The second-order valence-corrected chi connectivity index (χ2v) is 8.18. The van der Waals surface area contributed by atoms with Gasteiger partial charge in [0.15, 0.2) is 0 Å². The van der Waals surface area contributed by atoms with E-state index >= 15 is 0 Å². The molecule has 0 radical (unpaired) electrons. The van der Waals surface area contributed by atoms with Gasteiger partial charge >= 0.3 is 12.1 Å². The third-order valence-corrected chi connectivity index (χ3v) is 5.83. The molecular formula is C27H27NO5. The van der Waals surface area contributed by atoms with Gasteiger partial charge in [-0.3, -0.25) is 5.32 Å². The zero-order valence-corrected chi connectivity index (χ0v) is 18.7. The fourth-order valence-electron chi connectivity index (χ4n) is 4.28. The first kappa shape index (κ1) is 22.4. The Balaban J connectivity index is 1.49. The number of carboxylic acid groups (broad SMARTS) is 1. The number of ether oxygens (including phenoxy) is 2. The number of hydrogen-bond acceptors (Lipinski definition) is 4. The first-order valence-electron chi connectivity index (χ1n) is 11.1. The average molecular weight is 446 g/mol. The third-order valence-electron chi connectivity index (χ3n) is 5.83. The van der Waals surface area contributed by atoms with Gasteiger partial charge in [0, 0.05) is 5.92 Å². The molecule has 0 fully saturated rings. The molecule has 3 aromatic carbocycles. The molecule has 1 aliphatic rings. The van der Waals surface area contributed by atoms with E-state index in [1.807, 2.05) is 38.1 Å². The van der Waals surface area contributed by atoms with Gasteiger partial charge in [-0.25, -0.2) is 9.59 Å². The van der Waals surface area contributed by atoms with Gasteiger partial charge in [0.25, 0.3) is 0 Å². The maximum absolute atomic E-state index is 12.7. The van der Waals surface area contributed by atoms with Crippen LogP contribution >= 0.6 is 0 Å². The van der Waals surface area contributed by atoms with Crippen LogP contribution in [0.5, 0.6) is 5.75 Å². The molecule has 6 heteroatoms. The lowest BCUT2D eigenvalue weighted by Crippen LogP contribution is -2.19.